The molecule has 1 heterocycles. The topological polar surface area (TPSA) is 44.1 Å². The quantitative estimate of drug-likeness (QED) is 0.812. The van der Waals surface area contributed by atoms with E-state index in [1.54, 1.807) is 22.9 Å². The number of methoxy groups -OCH3 is 1. The molecule has 0 spiro atoms. The number of hydrogen-bond acceptors (Lipinski definition) is 3. The molecule has 0 N–H and O–H groups in total. The number of ether oxygens (including phenoxy) is 1. The Labute approximate surface area is 120 Å². The highest BCUT2D eigenvalue weighted by Gasteiger charge is 2.21. The smallest absolute Gasteiger partial charge is 0.214 e. The number of carbonyl (C=O) groups excluding carboxylic acids is 1. The van der Waals surface area contributed by atoms with Crippen LogP contribution in [0.5, 0.6) is 5.75 Å². The van der Waals surface area contributed by atoms with Crippen molar-refractivity contribution in [2.24, 2.45) is 0 Å². The van der Waals surface area contributed by atoms with E-state index in [0.717, 1.165) is 0 Å². The van der Waals surface area contributed by atoms with Crippen molar-refractivity contribution in [1.29, 1.82) is 0 Å². The Bertz CT molecular complexity index is 581. The highest BCUT2D eigenvalue weighted by atomic mass is 35.5. The Morgan fingerprint density at radius 2 is 1.95 bits per heavy atom. The molecular formula is C13H12Cl2N2O2. The van der Waals surface area contributed by atoms with Crippen LogP contribution in [0.3, 0.4) is 0 Å². The molecule has 19 heavy (non-hydrogen) atoms. The SMILES string of the molecule is CCn1ncc(OC)c1C(=O)c1cc(Cl)cc(Cl)c1. The molecule has 6 heteroatoms. The lowest BCUT2D eigenvalue weighted by atomic mass is 10.1. The van der Waals surface area contributed by atoms with Crippen molar-refractivity contribution < 1.29 is 9.53 Å². The molecule has 0 fully saturated rings. The molecule has 0 atom stereocenters. The van der Waals surface area contributed by atoms with Gasteiger partial charge >= 0.3 is 0 Å². The average molecular weight is 299 g/mol. The highest BCUT2D eigenvalue weighted by molar-refractivity contribution is 6.35. The van der Waals surface area contributed by atoms with Gasteiger partial charge in [-0.15, -0.1) is 0 Å². The van der Waals surface area contributed by atoms with Crippen molar-refractivity contribution in [2.45, 2.75) is 13.5 Å². The Morgan fingerprint density at radius 1 is 1.32 bits per heavy atom. The third-order valence-corrected chi connectivity index (χ3v) is 3.10. The monoisotopic (exact) mass is 298 g/mol. The maximum absolute atomic E-state index is 12.5. The van der Waals surface area contributed by atoms with E-state index < -0.39 is 0 Å². The summed E-state index contributed by atoms with van der Waals surface area (Å²) in [7, 11) is 1.50. The fourth-order valence-electron chi connectivity index (χ4n) is 1.81. The van der Waals surface area contributed by atoms with Crippen LogP contribution in [0.25, 0.3) is 0 Å². The van der Waals surface area contributed by atoms with E-state index in [9.17, 15) is 4.79 Å². The number of nitrogens with zero attached hydrogens (tertiary/aromatic N) is 2. The standard InChI is InChI=1S/C13H12Cl2N2O2/c1-3-17-12(11(19-2)7-16-17)13(18)8-4-9(14)6-10(15)5-8/h4-7H,3H2,1-2H3. The molecule has 0 saturated heterocycles. The van der Waals surface area contributed by atoms with Crippen molar-refractivity contribution >= 4 is 29.0 Å². The van der Waals surface area contributed by atoms with Gasteiger partial charge in [0, 0.05) is 22.2 Å². The fraction of sp³-hybridized carbons (Fsp3) is 0.231. The van der Waals surface area contributed by atoms with Crippen LogP contribution < -0.4 is 4.74 Å². The molecule has 1 aromatic carbocycles. The lowest BCUT2D eigenvalue weighted by Crippen LogP contribution is -2.11. The van der Waals surface area contributed by atoms with Crippen LogP contribution in [0, 0.1) is 0 Å². The summed E-state index contributed by atoms with van der Waals surface area (Å²) in [5, 5.41) is 4.93. The molecule has 0 bridgehead atoms. The first kappa shape index (κ1) is 13.9. The zero-order valence-electron chi connectivity index (χ0n) is 10.5. The number of carbonyl (C=O) groups is 1. The molecule has 100 valence electrons. The van der Waals surface area contributed by atoms with Gasteiger partial charge in [-0.3, -0.25) is 9.48 Å². The van der Waals surface area contributed by atoms with Crippen LogP contribution >= 0.6 is 23.2 Å². The Kier molecular flexibility index (Phi) is 4.12. The van der Waals surface area contributed by atoms with Gasteiger partial charge in [-0.05, 0) is 25.1 Å². The predicted octanol–water partition coefficient (Wildman–Crippen LogP) is 3.45. The summed E-state index contributed by atoms with van der Waals surface area (Å²) in [6, 6.07) is 4.72. The van der Waals surface area contributed by atoms with Crippen LogP contribution in [-0.2, 0) is 6.54 Å². The van der Waals surface area contributed by atoms with E-state index >= 15 is 0 Å². The zero-order chi connectivity index (χ0) is 14.0. The third-order valence-electron chi connectivity index (χ3n) is 2.67. The Morgan fingerprint density at radius 3 is 2.47 bits per heavy atom. The highest BCUT2D eigenvalue weighted by Crippen LogP contribution is 2.25. The van der Waals surface area contributed by atoms with E-state index in [2.05, 4.69) is 5.10 Å². The molecule has 0 aliphatic rings. The number of rotatable bonds is 4. The van der Waals surface area contributed by atoms with E-state index in [1.165, 1.54) is 13.3 Å². The lowest BCUT2D eigenvalue weighted by Gasteiger charge is -2.07. The molecule has 2 rings (SSSR count). The number of aryl methyl sites for hydroxylation is 1. The van der Waals surface area contributed by atoms with Gasteiger partial charge in [0.1, 0.15) is 0 Å². The van der Waals surface area contributed by atoms with Gasteiger partial charge in [-0.1, -0.05) is 23.2 Å². The van der Waals surface area contributed by atoms with Crippen molar-refractivity contribution in [1.82, 2.24) is 9.78 Å². The number of ketones is 1. The molecule has 0 aliphatic heterocycles. The maximum Gasteiger partial charge on any atom is 0.214 e. The third kappa shape index (κ3) is 2.74. The fourth-order valence-corrected chi connectivity index (χ4v) is 2.33. The van der Waals surface area contributed by atoms with Crippen molar-refractivity contribution in [3.63, 3.8) is 0 Å². The van der Waals surface area contributed by atoms with Gasteiger partial charge in [0.2, 0.25) is 5.78 Å². The number of benzene rings is 1. The Balaban J connectivity index is 2.52. The van der Waals surface area contributed by atoms with Crippen LogP contribution in [0.4, 0.5) is 0 Å². The predicted molar refractivity (Wildman–Crippen MR) is 74.3 cm³/mol. The largest absolute Gasteiger partial charge is 0.493 e. The minimum atomic E-state index is -0.222. The second kappa shape index (κ2) is 5.63. The van der Waals surface area contributed by atoms with Gasteiger partial charge < -0.3 is 4.74 Å². The van der Waals surface area contributed by atoms with Gasteiger partial charge in [-0.2, -0.15) is 5.10 Å². The molecule has 0 aliphatic carbocycles. The normalized spacial score (nSPS) is 10.5. The van der Waals surface area contributed by atoms with Crippen LogP contribution in [0.15, 0.2) is 24.4 Å². The maximum atomic E-state index is 12.5. The number of aromatic nitrogens is 2. The summed E-state index contributed by atoms with van der Waals surface area (Å²) >= 11 is 11.8. The van der Waals surface area contributed by atoms with Crippen molar-refractivity contribution in [2.75, 3.05) is 7.11 Å². The van der Waals surface area contributed by atoms with Gasteiger partial charge in [0.05, 0.1) is 13.3 Å². The second-order valence-electron chi connectivity index (χ2n) is 3.86. The minimum Gasteiger partial charge on any atom is -0.493 e. The number of hydrogen-bond donors (Lipinski definition) is 0. The summed E-state index contributed by atoms with van der Waals surface area (Å²) in [5.74, 6) is 0.212. The zero-order valence-corrected chi connectivity index (χ0v) is 12.0. The number of halogens is 2. The van der Waals surface area contributed by atoms with E-state index in [1.807, 2.05) is 6.92 Å². The van der Waals surface area contributed by atoms with Crippen LogP contribution in [-0.4, -0.2) is 22.7 Å². The summed E-state index contributed by atoms with van der Waals surface area (Å²) in [5.41, 5.74) is 0.800. The van der Waals surface area contributed by atoms with Crippen molar-refractivity contribution in [3.05, 3.63) is 45.7 Å². The van der Waals surface area contributed by atoms with Crippen LogP contribution in [0.2, 0.25) is 10.0 Å². The summed E-state index contributed by atoms with van der Waals surface area (Å²) in [6.07, 6.45) is 1.52. The molecule has 0 amide bonds. The van der Waals surface area contributed by atoms with E-state index in [0.29, 0.717) is 33.6 Å². The first-order chi connectivity index (χ1) is 9.06. The van der Waals surface area contributed by atoms with Gasteiger partial charge in [0.15, 0.2) is 11.4 Å². The van der Waals surface area contributed by atoms with Gasteiger partial charge in [-0.25, -0.2) is 0 Å². The lowest BCUT2D eigenvalue weighted by molar-refractivity contribution is 0.102. The second-order valence-corrected chi connectivity index (χ2v) is 4.74. The first-order valence-electron chi connectivity index (χ1n) is 5.67. The molecular weight excluding hydrogens is 287 g/mol. The van der Waals surface area contributed by atoms with E-state index in [4.69, 9.17) is 27.9 Å². The molecule has 0 unspecified atom stereocenters. The molecule has 4 nitrogen and oxygen atoms in total. The summed E-state index contributed by atoms with van der Waals surface area (Å²) in [4.78, 5) is 12.5. The first-order valence-corrected chi connectivity index (χ1v) is 6.43. The molecule has 2 aromatic rings. The summed E-state index contributed by atoms with van der Waals surface area (Å²) < 4.78 is 6.74. The van der Waals surface area contributed by atoms with Gasteiger partial charge in [0.25, 0.3) is 0 Å². The minimum absolute atomic E-state index is 0.222. The van der Waals surface area contributed by atoms with Crippen LogP contribution in [0.1, 0.15) is 23.0 Å². The Hall–Kier alpha value is -1.52. The molecule has 0 radical (unpaired) electrons. The average Bonchev–Trinajstić information content (AvgIpc) is 2.79. The molecule has 0 saturated carbocycles. The summed E-state index contributed by atoms with van der Waals surface area (Å²) in [6.45, 7) is 2.47. The van der Waals surface area contributed by atoms with E-state index in [-0.39, 0.29) is 5.78 Å². The van der Waals surface area contributed by atoms with Crippen molar-refractivity contribution in [3.8, 4) is 5.75 Å². The molecule has 1 aromatic heterocycles.